The zero-order valence-corrected chi connectivity index (χ0v) is 16.1. The molecule has 5 nitrogen and oxygen atoms in total. The lowest BCUT2D eigenvalue weighted by Gasteiger charge is -2.23. The van der Waals surface area contributed by atoms with Gasteiger partial charge in [0, 0.05) is 4.47 Å². The maximum atomic E-state index is 13.0. The molecule has 134 valence electrons. The number of hydrogen-bond donors (Lipinski definition) is 1. The first-order valence-electron chi connectivity index (χ1n) is 7.45. The van der Waals surface area contributed by atoms with Gasteiger partial charge in [-0.25, -0.2) is 12.8 Å². The van der Waals surface area contributed by atoms with Crippen LogP contribution in [0.15, 0.2) is 53.0 Å². The average molecular weight is 429 g/mol. The van der Waals surface area contributed by atoms with Crippen molar-refractivity contribution in [3.63, 3.8) is 0 Å². The number of nitrogens with zero attached hydrogens (tertiary/aromatic N) is 1. The van der Waals surface area contributed by atoms with Gasteiger partial charge in [0.1, 0.15) is 12.4 Å². The predicted molar refractivity (Wildman–Crippen MR) is 99.3 cm³/mol. The fourth-order valence-corrected chi connectivity index (χ4v) is 3.38. The Labute approximate surface area is 155 Å². The van der Waals surface area contributed by atoms with Gasteiger partial charge in [-0.15, -0.1) is 0 Å². The third kappa shape index (κ3) is 5.54. The van der Waals surface area contributed by atoms with Crippen molar-refractivity contribution < 1.29 is 17.6 Å². The highest BCUT2D eigenvalue weighted by Gasteiger charge is 2.21. The minimum Gasteiger partial charge on any atom is -0.348 e. The monoisotopic (exact) mass is 428 g/mol. The molecule has 1 atom stereocenters. The third-order valence-electron chi connectivity index (χ3n) is 3.55. The zero-order valence-electron chi connectivity index (χ0n) is 13.7. The van der Waals surface area contributed by atoms with Crippen molar-refractivity contribution in [1.29, 1.82) is 0 Å². The van der Waals surface area contributed by atoms with E-state index in [1.165, 1.54) is 12.1 Å². The van der Waals surface area contributed by atoms with Crippen LogP contribution in [0.3, 0.4) is 0 Å². The summed E-state index contributed by atoms with van der Waals surface area (Å²) in [6, 6.07) is 12.0. The second-order valence-electron chi connectivity index (χ2n) is 5.59. The number of sulfonamides is 1. The van der Waals surface area contributed by atoms with Crippen LogP contribution in [0.1, 0.15) is 18.5 Å². The van der Waals surface area contributed by atoms with Crippen LogP contribution in [0.2, 0.25) is 0 Å². The zero-order chi connectivity index (χ0) is 18.6. The van der Waals surface area contributed by atoms with Crippen LogP contribution in [0.4, 0.5) is 10.1 Å². The highest BCUT2D eigenvalue weighted by molar-refractivity contribution is 9.10. The van der Waals surface area contributed by atoms with Gasteiger partial charge in [-0.2, -0.15) is 0 Å². The number of carbonyl (C=O) groups is 1. The molecule has 0 aliphatic rings. The molecule has 0 aromatic heterocycles. The number of anilines is 1. The van der Waals surface area contributed by atoms with E-state index in [0.29, 0.717) is 5.69 Å². The molecule has 0 saturated carbocycles. The van der Waals surface area contributed by atoms with Gasteiger partial charge in [0.2, 0.25) is 15.9 Å². The molecule has 8 heteroatoms. The van der Waals surface area contributed by atoms with Gasteiger partial charge in [-0.05, 0) is 48.9 Å². The van der Waals surface area contributed by atoms with E-state index < -0.39 is 15.9 Å². The molecule has 25 heavy (non-hydrogen) atoms. The molecular weight excluding hydrogens is 411 g/mol. The smallest absolute Gasteiger partial charge is 0.241 e. The van der Waals surface area contributed by atoms with E-state index in [0.717, 1.165) is 20.6 Å². The summed E-state index contributed by atoms with van der Waals surface area (Å²) in [7, 11) is -3.62. The summed E-state index contributed by atoms with van der Waals surface area (Å²) in [6.45, 7) is 1.40. The van der Waals surface area contributed by atoms with E-state index in [1.807, 2.05) is 0 Å². The van der Waals surface area contributed by atoms with Gasteiger partial charge in [0.05, 0.1) is 18.0 Å². The van der Waals surface area contributed by atoms with Crippen LogP contribution in [-0.4, -0.2) is 27.1 Å². The minimum atomic E-state index is -3.62. The highest BCUT2D eigenvalue weighted by atomic mass is 79.9. The summed E-state index contributed by atoms with van der Waals surface area (Å²) in [5.41, 5.74) is 1.12. The van der Waals surface area contributed by atoms with Crippen molar-refractivity contribution in [1.82, 2.24) is 5.32 Å². The molecule has 0 saturated heterocycles. The average Bonchev–Trinajstić information content (AvgIpc) is 2.53. The van der Waals surface area contributed by atoms with Crippen molar-refractivity contribution in [2.75, 3.05) is 17.1 Å². The minimum absolute atomic E-state index is 0.341. The summed E-state index contributed by atoms with van der Waals surface area (Å²) in [6.07, 6.45) is 1.05. The molecule has 0 aliphatic carbocycles. The summed E-state index contributed by atoms with van der Waals surface area (Å²) in [5.74, 6) is -0.814. The molecular formula is C17H18BrFN2O3S. The topological polar surface area (TPSA) is 66.5 Å². The first-order valence-corrected chi connectivity index (χ1v) is 10.1. The Kier molecular flexibility index (Phi) is 6.18. The summed E-state index contributed by atoms with van der Waals surface area (Å²) >= 11 is 3.29. The molecule has 0 bridgehead atoms. The van der Waals surface area contributed by atoms with Crippen LogP contribution < -0.4 is 9.62 Å². The molecule has 2 rings (SSSR count). The molecule has 1 unspecified atom stereocenters. The molecule has 0 fully saturated rings. The van der Waals surface area contributed by atoms with E-state index >= 15 is 0 Å². The van der Waals surface area contributed by atoms with Gasteiger partial charge in [0.25, 0.3) is 0 Å². The molecule has 1 amide bonds. The van der Waals surface area contributed by atoms with E-state index in [2.05, 4.69) is 21.2 Å². The highest BCUT2D eigenvalue weighted by Crippen LogP contribution is 2.21. The van der Waals surface area contributed by atoms with Crippen LogP contribution >= 0.6 is 15.9 Å². The van der Waals surface area contributed by atoms with Gasteiger partial charge in [-0.3, -0.25) is 9.10 Å². The summed E-state index contributed by atoms with van der Waals surface area (Å²) < 4.78 is 38.9. The number of carbonyl (C=O) groups excluding carboxylic acids is 1. The maximum Gasteiger partial charge on any atom is 0.241 e. The second kappa shape index (κ2) is 7.97. The Morgan fingerprint density at radius 2 is 1.72 bits per heavy atom. The number of amides is 1. The molecule has 0 aliphatic heterocycles. The standard InChI is InChI=1S/C17H18BrFN2O3S/c1-12(13-3-7-15(19)8-4-13)20-17(22)11-21(25(2,23)24)16-9-5-14(18)6-10-16/h3-10,12H,11H2,1-2H3,(H,20,22). The van der Waals surface area contributed by atoms with Crippen LogP contribution in [0, 0.1) is 5.82 Å². The number of rotatable bonds is 6. The van der Waals surface area contributed by atoms with E-state index in [1.54, 1.807) is 43.3 Å². The number of halogens is 2. The number of hydrogen-bond acceptors (Lipinski definition) is 3. The molecule has 0 spiro atoms. The normalized spacial score (nSPS) is 12.5. The van der Waals surface area contributed by atoms with Crippen molar-refractivity contribution >= 4 is 37.5 Å². The Morgan fingerprint density at radius 3 is 2.24 bits per heavy atom. The number of benzene rings is 2. The van der Waals surface area contributed by atoms with Crippen LogP contribution in [0.25, 0.3) is 0 Å². The van der Waals surface area contributed by atoms with Crippen LogP contribution in [-0.2, 0) is 14.8 Å². The van der Waals surface area contributed by atoms with Gasteiger partial charge >= 0.3 is 0 Å². The third-order valence-corrected chi connectivity index (χ3v) is 5.22. The van der Waals surface area contributed by atoms with Crippen molar-refractivity contribution in [3.05, 3.63) is 64.4 Å². The predicted octanol–water partition coefficient (Wildman–Crippen LogP) is 3.23. The van der Waals surface area contributed by atoms with E-state index in [4.69, 9.17) is 0 Å². The lowest BCUT2D eigenvalue weighted by atomic mass is 10.1. The molecule has 1 N–H and O–H groups in total. The van der Waals surface area contributed by atoms with Crippen molar-refractivity contribution in [3.8, 4) is 0 Å². The molecule has 0 heterocycles. The molecule has 0 radical (unpaired) electrons. The lowest BCUT2D eigenvalue weighted by Crippen LogP contribution is -2.41. The largest absolute Gasteiger partial charge is 0.348 e. The first kappa shape index (κ1) is 19.4. The van der Waals surface area contributed by atoms with E-state index in [9.17, 15) is 17.6 Å². The number of nitrogens with one attached hydrogen (secondary N) is 1. The fourth-order valence-electron chi connectivity index (χ4n) is 2.26. The maximum absolute atomic E-state index is 13.0. The second-order valence-corrected chi connectivity index (χ2v) is 8.41. The van der Waals surface area contributed by atoms with Crippen molar-refractivity contribution in [2.45, 2.75) is 13.0 Å². The van der Waals surface area contributed by atoms with E-state index in [-0.39, 0.29) is 18.4 Å². The summed E-state index contributed by atoms with van der Waals surface area (Å²) in [5, 5.41) is 2.72. The Morgan fingerprint density at radius 1 is 1.16 bits per heavy atom. The lowest BCUT2D eigenvalue weighted by molar-refractivity contribution is -0.120. The molecule has 2 aromatic carbocycles. The molecule has 2 aromatic rings. The first-order chi connectivity index (χ1) is 11.7. The summed E-state index contributed by atoms with van der Waals surface area (Å²) in [4.78, 5) is 12.3. The Bertz CT molecular complexity index is 839. The Balaban J connectivity index is 2.12. The van der Waals surface area contributed by atoms with Gasteiger partial charge in [-0.1, -0.05) is 28.1 Å². The quantitative estimate of drug-likeness (QED) is 0.767. The van der Waals surface area contributed by atoms with Gasteiger partial charge in [0.15, 0.2) is 0 Å². The SMILES string of the molecule is CC(NC(=O)CN(c1ccc(Br)cc1)S(C)(=O)=O)c1ccc(F)cc1. The fraction of sp³-hybridized carbons (Fsp3) is 0.235. The Hall–Kier alpha value is -1.93. The van der Waals surface area contributed by atoms with Gasteiger partial charge < -0.3 is 5.32 Å². The van der Waals surface area contributed by atoms with Crippen molar-refractivity contribution in [2.24, 2.45) is 0 Å². The van der Waals surface area contributed by atoms with Crippen LogP contribution in [0.5, 0.6) is 0 Å².